The van der Waals surface area contributed by atoms with Crippen molar-refractivity contribution >= 4 is 5.78 Å². The number of benzene rings is 2. The summed E-state index contributed by atoms with van der Waals surface area (Å²) in [7, 11) is 8.96. The summed E-state index contributed by atoms with van der Waals surface area (Å²) in [5.74, 6) is 0.186. The molecule has 7 heteroatoms. The number of likely N-dealkylation sites (N-methyl/N-ethyl adjacent to an activating group) is 1. The van der Waals surface area contributed by atoms with Crippen LogP contribution < -0.4 is 21.7 Å². The van der Waals surface area contributed by atoms with Crippen LogP contribution in [-0.2, 0) is 16.0 Å². The van der Waals surface area contributed by atoms with E-state index in [0.717, 1.165) is 12.1 Å². The summed E-state index contributed by atoms with van der Waals surface area (Å²) in [5.41, 5.74) is 1.88. The van der Waals surface area contributed by atoms with E-state index in [1.165, 1.54) is 13.2 Å². The molecule has 0 unspecified atom stereocenters. The molecule has 0 saturated carbocycles. The van der Waals surface area contributed by atoms with E-state index in [9.17, 15) is 9.90 Å². The van der Waals surface area contributed by atoms with Crippen LogP contribution in [0.3, 0.4) is 0 Å². The molecule has 6 nitrogen and oxygen atoms in total. The van der Waals surface area contributed by atoms with E-state index in [0.29, 0.717) is 22.3 Å². The third-order valence-corrected chi connectivity index (χ3v) is 4.45. The van der Waals surface area contributed by atoms with E-state index in [1.54, 1.807) is 38.5 Å². The van der Waals surface area contributed by atoms with E-state index in [-0.39, 0.29) is 40.4 Å². The van der Waals surface area contributed by atoms with Crippen molar-refractivity contribution in [3.05, 3.63) is 59.2 Å². The van der Waals surface area contributed by atoms with Gasteiger partial charge in [0, 0.05) is 31.4 Å². The SMILES string of the molecule is COc1ccc(C(=O)c2ccc(C[N+](C)(C)CC(OC)OC)cc2)c(O)c1.[Br-]. The van der Waals surface area contributed by atoms with Crippen LogP contribution in [0.2, 0.25) is 0 Å². The van der Waals surface area contributed by atoms with E-state index >= 15 is 0 Å². The lowest BCUT2D eigenvalue weighted by molar-refractivity contribution is -0.909. The third-order valence-electron chi connectivity index (χ3n) is 4.45. The normalized spacial score (nSPS) is 11.2. The Bertz CT molecular complexity index is 773. The molecule has 0 radical (unpaired) electrons. The number of phenolic OH excluding ortho intramolecular Hbond substituents is 1. The third kappa shape index (κ3) is 6.31. The lowest BCUT2D eigenvalue weighted by atomic mass is 10.0. The molecule has 2 aromatic rings. The van der Waals surface area contributed by atoms with Crippen LogP contribution in [0.1, 0.15) is 21.5 Å². The number of hydrogen-bond acceptors (Lipinski definition) is 5. The first kappa shape index (κ1) is 24.1. The van der Waals surface area contributed by atoms with Crippen LogP contribution in [0, 0.1) is 0 Å². The largest absolute Gasteiger partial charge is 1.00 e. The van der Waals surface area contributed by atoms with Crippen LogP contribution in [0.25, 0.3) is 0 Å². The minimum absolute atomic E-state index is 0. The van der Waals surface area contributed by atoms with Crippen molar-refractivity contribution in [3.8, 4) is 11.5 Å². The van der Waals surface area contributed by atoms with Crippen molar-refractivity contribution in [1.82, 2.24) is 0 Å². The van der Waals surface area contributed by atoms with Crippen LogP contribution in [0.15, 0.2) is 42.5 Å². The molecule has 0 amide bonds. The number of rotatable bonds is 9. The standard InChI is InChI=1S/C21H27NO5.BrH/c1-22(2,14-20(26-4)27-5)13-15-6-8-16(9-7-15)21(24)18-11-10-17(25-3)12-19(18)23;/h6-12,20H,13-14H2,1-5H3;1H. The Hall–Kier alpha value is -1.93. The van der Waals surface area contributed by atoms with Gasteiger partial charge in [0.15, 0.2) is 5.78 Å². The van der Waals surface area contributed by atoms with E-state index in [4.69, 9.17) is 14.2 Å². The maximum absolute atomic E-state index is 12.6. The van der Waals surface area contributed by atoms with E-state index in [1.807, 2.05) is 12.1 Å². The van der Waals surface area contributed by atoms with Gasteiger partial charge in [0.1, 0.15) is 24.6 Å². The average molecular weight is 454 g/mol. The Morgan fingerprint density at radius 1 is 1.04 bits per heavy atom. The van der Waals surface area contributed by atoms with Crippen molar-refractivity contribution in [2.45, 2.75) is 12.8 Å². The first-order chi connectivity index (χ1) is 12.8. The Morgan fingerprint density at radius 3 is 2.14 bits per heavy atom. The second-order valence-corrected chi connectivity index (χ2v) is 7.09. The van der Waals surface area contributed by atoms with Crippen LogP contribution in [-0.4, -0.2) is 63.6 Å². The number of aromatic hydroxyl groups is 1. The van der Waals surface area contributed by atoms with Gasteiger partial charge in [-0.3, -0.25) is 4.79 Å². The molecule has 0 saturated heterocycles. The zero-order valence-electron chi connectivity index (χ0n) is 16.9. The van der Waals surface area contributed by atoms with Crippen molar-refractivity contribution in [2.75, 3.05) is 42.0 Å². The molecular weight excluding hydrogens is 426 g/mol. The van der Waals surface area contributed by atoms with Crippen LogP contribution >= 0.6 is 0 Å². The number of halogens is 1. The number of carbonyl (C=O) groups excluding carboxylic acids is 1. The van der Waals surface area contributed by atoms with Crippen LogP contribution in [0.5, 0.6) is 11.5 Å². The number of phenols is 1. The van der Waals surface area contributed by atoms with Gasteiger partial charge in [-0.1, -0.05) is 24.3 Å². The highest BCUT2D eigenvalue weighted by Gasteiger charge is 2.22. The maximum Gasteiger partial charge on any atom is 0.207 e. The molecule has 0 aromatic heterocycles. The van der Waals surface area contributed by atoms with E-state index < -0.39 is 0 Å². The fraction of sp³-hybridized carbons (Fsp3) is 0.381. The molecule has 154 valence electrons. The molecule has 0 fully saturated rings. The number of methoxy groups -OCH3 is 3. The highest BCUT2D eigenvalue weighted by Crippen LogP contribution is 2.26. The lowest BCUT2D eigenvalue weighted by Crippen LogP contribution is -3.00. The van der Waals surface area contributed by atoms with Crippen LogP contribution in [0.4, 0.5) is 0 Å². The predicted molar refractivity (Wildman–Crippen MR) is 103 cm³/mol. The molecule has 0 heterocycles. The molecule has 0 spiro atoms. The maximum atomic E-state index is 12.6. The molecule has 0 aliphatic rings. The second kappa shape index (κ2) is 10.6. The van der Waals surface area contributed by atoms with Gasteiger partial charge in [0.25, 0.3) is 0 Å². The van der Waals surface area contributed by atoms with Gasteiger partial charge >= 0.3 is 0 Å². The molecule has 0 aliphatic carbocycles. The summed E-state index contributed by atoms with van der Waals surface area (Å²) in [6.45, 7) is 1.47. The van der Waals surface area contributed by atoms with Gasteiger partial charge in [-0.05, 0) is 12.1 Å². The summed E-state index contributed by atoms with van der Waals surface area (Å²) in [6.07, 6.45) is -0.265. The van der Waals surface area contributed by atoms with Gasteiger partial charge < -0.3 is 40.8 Å². The van der Waals surface area contributed by atoms with Crippen molar-refractivity contribution in [1.29, 1.82) is 0 Å². The molecular formula is C21H28BrNO5. The summed E-state index contributed by atoms with van der Waals surface area (Å²) < 4.78 is 16.3. The van der Waals surface area contributed by atoms with Crippen molar-refractivity contribution in [2.24, 2.45) is 0 Å². The lowest BCUT2D eigenvalue weighted by Gasteiger charge is -2.32. The Balaban J connectivity index is 0.00000392. The molecule has 0 aliphatic heterocycles. The predicted octanol–water partition coefficient (Wildman–Crippen LogP) is -0.169. The number of ether oxygens (including phenoxy) is 3. The monoisotopic (exact) mass is 453 g/mol. The fourth-order valence-corrected chi connectivity index (χ4v) is 2.96. The molecule has 28 heavy (non-hydrogen) atoms. The Labute approximate surface area is 177 Å². The first-order valence-electron chi connectivity index (χ1n) is 8.68. The topological polar surface area (TPSA) is 65.0 Å². The summed E-state index contributed by atoms with van der Waals surface area (Å²) in [5, 5.41) is 10.1. The highest BCUT2D eigenvalue weighted by atomic mass is 79.9. The number of quaternary nitrogens is 1. The summed E-state index contributed by atoms with van der Waals surface area (Å²) >= 11 is 0. The van der Waals surface area contributed by atoms with Gasteiger partial charge in [-0.2, -0.15) is 0 Å². The Morgan fingerprint density at radius 2 is 1.64 bits per heavy atom. The molecule has 0 atom stereocenters. The molecule has 2 aromatic carbocycles. The van der Waals surface area contributed by atoms with E-state index in [2.05, 4.69) is 14.1 Å². The number of nitrogens with zero attached hydrogens (tertiary/aromatic N) is 1. The average Bonchev–Trinajstić information content (AvgIpc) is 2.65. The summed E-state index contributed by atoms with van der Waals surface area (Å²) in [4.78, 5) is 12.6. The number of ketones is 1. The highest BCUT2D eigenvalue weighted by molar-refractivity contribution is 6.10. The second-order valence-electron chi connectivity index (χ2n) is 7.09. The molecule has 0 bridgehead atoms. The molecule has 2 rings (SSSR count). The van der Waals surface area contributed by atoms with Gasteiger partial charge in [0.05, 0.1) is 26.8 Å². The van der Waals surface area contributed by atoms with Crippen molar-refractivity contribution in [3.63, 3.8) is 0 Å². The number of hydrogen-bond donors (Lipinski definition) is 1. The molecule has 1 N–H and O–H groups in total. The Kier molecular flexibility index (Phi) is 9.10. The summed E-state index contributed by atoms with van der Waals surface area (Å²) in [6, 6.07) is 12.1. The zero-order valence-corrected chi connectivity index (χ0v) is 18.5. The smallest absolute Gasteiger partial charge is 0.207 e. The minimum atomic E-state index is -0.265. The van der Waals surface area contributed by atoms with Gasteiger partial charge in [-0.25, -0.2) is 0 Å². The number of carbonyl (C=O) groups is 1. The van der Waals surface area contributed by atoms with Gasteiger partial charge in [-0.15, -0.1) is 0 Å². The zero-order chi connectivity index (χ0) is 20.0. The van der Waals surface area contributed by atoms with Crippen molar-refractivity contribution < 1.29 is 45.6 Å². The van der Waals surface area contributed by atoms with Gasteiger partial charge in [0.2, 0.25) is 6.29 Å². The fourth-order valence-electron chi connectivity index (χ4n) is 2.96. The minimum Gasteiger partial charge on any atom is -1.00 e. The quantitative estimate of drug-likeness (QED) is 0.324. The first-order valence-corrected chi connectivity index (χ1v) is 8.68.